The van der Waals surface area contributed by atoms with Gasteiger partial charge in [-0.15, -0.1) is 0 Å². The Hall–Kier alpha value is -2.17. The predicted octanol–water partition coefficient (Wildman–Crippen LogP) is 3.84. The van der Waals surface area contributed by atoms with Crippen LogP contribution in [-0.4, -0.2) is 9.55 Å². The minimum atomic E-state index is -0.255. The lowest BCUT2D eigenvalue weighted by Gasteiger charge is -2.32. The van der Waals surface area contributed by atoms with E-state index in [1.165, 1.54) is 6.42 Å². The van der Waals surface area contributed by atoms with Crippen LogP contribution in [0.15, 0.2) is 53.3 Å². The van der Waals surface area contributed by atoms with Crippen molar-refractivity contribution in [2.75, 3.05) is 0 Å². The first kappa shape index (κ1) is 15.4. The van der Waals surface area contributed by atoms with Gasteiger partial charge in [-0.05, 0) is 43.0 Å². The second-order valence-corrected chi connectivity index (χ2v) is 6.70. The molecule has 0 spiro atoms. The summed E-state index contributed by atoms with van der Waals surface area (Å²) in [4.78, 5) is 17.9. The van der Waals surface area contributed by atoms with E-state index in [1.807, 2.05) is 42.5 Å². The molecule has 2 aromatic carbocycles. The normalized spacial score (nSPS) is 16.1. The molecule has 0 saturated heterocycles. The molecule has 1 aromatic heterocycles. The van der Waals surface area contributed by atoms with Crippen LogP contribution in [0.3, 0.4) is 0 Å². The van der Waals surface area contributed by atoms with Gasteiger partial charge in [0, 0.05) is 0 Å². The number of halogens is 1. The van der Waals surface area contributed by atoms with Crippen LogP contribution >= 0.6 is 11.6 Å². The van der Waals surface area contributed by atoms with Crippen LogP contribution in [0.4, 0.5) is 0 Å². The lowest BCUT2D eigenvalue weighted by Crippen LogP contribution is -2.34. The second-order valence-electron chi connectivity index (χ2n) is 6.30. The molecule has 122 valence electrons. The van der Waals surface area contributed by atoms with E-state index >= 15 is 0 Å². The van der Waals surface area contributed by atoms with Crippen molar-refractivity contribution in [1.29, 1.82) is 0 Å². The predicted molar refractivity (Wildman–Crippen MR) is 96.6 cm³/mol. The minimum Gasteiger partial charge on any atom is -0.321 e. The molecule has 0 aliphatic heterocycles. The molecule has 1 fully saturated rings. The van der Waals surface area contributed by atoms with Crippen molar-refractivity contribution in [3.05, 3.63) is 69.7 Å². The fraction of sp³-hybridized carbons (Fsp3) is 0.263. The maximum absolute atomic E-state index is 13.2. The Morgan fingerprint density at radius 1 is 1.12 bits per heavy atom. The van der Waals surface area contributed by atoms with Gasteiger partial charge in [0.05, 0.1) is 27.7 Å². The van der Waals surface area contributed by atoms with E-state index in [1.54, 1.807) is 10.6 Å². The smallest absolute Gasteiger partial charge is 0.267 e. The average Bonchev–Trinajstić information content (AvgIpc) is 2.53. The van der Waals surface area contributed by atoms with Gasteiger partial charge in [0.25, 0.3) is 5.56 Å². The lowest BCUT2D eigenvalue weighted by molar-refractivity contribution is 0.255. The van der Waals surface area contributed by atoms with Crippen molar-refractivity contribution in [3.63, 3.8) is 0 Å². The van der Waals surface area contributed by atoms with Gasteiger partial charge in [0.1, 0.15) is 5.82 Å². The van der Waals surface area contributed by atoms with E-state index in [0.717, 1.165) is 18.5 Å². The number of nitrogens with two attached hydrogens (primary N) is 1. The number of hydrogen-bond donors (Lipinski definition) is 1. The Morgan fingerprint density at radius 3 is 2.54 bits per heavy atom. The summed E-state index contributed by atoms with van der Waals surface area (Å²) in [6.45, 7) is 0. The first-order valence-electron chi connectivity index (χ1n) is 8.19. The maximum Gasteiger partial charge on any atom is 0.267 e. The third-order valence-electron chi connectivity index (χ3n) is 4.84. The molecule has 4 rings (SSSR count). The van der Waals surface area contributed by atoms with Crippen LogP contribution in [0.2, 0.25) is 5.02 Å². The van der Waals surface area contributed by atoms with Crippen molar-refractivity contribution in [2.24, 2.45) is 11.7 Å². The van der Waals surface area contributed by atoms with Crippen LogP contribution in [0, 0.1) is 5.92 Å². The zero-order chi connectivity index (χ0) is 16.7. The molecule has 3 aromatic rings. The highest BCUT2D eigenvalue weighted by atomic mass is 35.5. The van der Waals surface area contributed by atoms with Crippen LogP contribution in [0.5, 0.6) is 0 Å². The summed E-state index contributed by atoms with van der Waals surface area (Å²) in [5.74, 6) is 0.995. The average molecular weight is 340 g/mol. The summed E-state index contributed by atoms with van der Waals surface area (Å²) < 4.78 is 1.62. The topological polar surface area (TPSA) is 60.9 Å². The van der Waals surface area contributed by atoms with Gasteiger partial charge < -0.3 is 5.73 Å². The summed E-state index contributed by atoms with van der Waals surface area (Å²) in [6, 6.07) is 14.6. The zero-order valence-electron chi connectivity index (χ0n) is 13.2. The van der Waals surface area contributed by atoms with E-state index in [-0.39, 0.29) is 11.6 Å². The summed E-state index contributed by atoms with van der Waals surface area (Å²) >= 11 is 6.27. The number of hydrogen-bond acceptors (Lipinski definition) is 3. The SMILES string of the molecule is N[C@H](c1nc2cccc(Cl)c2c(=O)n1-c1ccccc1)C1CCC1. The van der Waals surface area contributed by atoms with Gasteiger partial charge in [-0.25, -0.2) is 4.98 Å². The molecule has 0 radical (unpaired) electrons. The molecule has 1 heterocycles. The van der Waals surface area contributed by atoms with Crippen LogP contribution < -0.4 is 11.3 Å². The minimum absolute atomic E-state index is 0.165. The molecule has 0 unspecified atom stereocenters. The summed E-state index contributed by atoms with van der Waals surface area (Å²) in [5.41, 5.74) is 7.68. The lowest BCUT2D eigenvalue weighted by atomic mass is 9.79. The van der Waals surface area contributed by atoms with Gasteiger partial charge in [0.2, 0.25) is 0 Å². The zero-order valence-corrected chi connectivity index (χ0v) is 13.9. The molecule has 5 heteroatoms. The van der Waals surface area contributed by atoms with Crippen LogP contribution in [0.25, 0.3) is 16.6 Å². The highest BCUT2D eigenvalue weighted by molar-refractivity contribution is 6.35. The van der Waals surface area contributed by atoms with Crippen molar-refractivity contribution in [3.8, 4) is 5.69 Å². The molecule has 4 nitrogen and oxygen atoms in total. The number of rotatable bonds is 3. The third kappa shape index (κ3) is 2.43. The molecule has 1 aliphatic carbocycles. The number of benzene rings is 2. The summed E-state index contributed by atoms with van der Waals surface area (Å²) in [7, 11) is 0. The molecule has 0 amide bonds. The van der Waals surface area contributed by atoms with Crippen molar-refractivity contribution in [1.82, 2.24) is 9.55 Å². The Balaban J connectivity index is 2.04. The number of nitrogens with zero attached hydrogens (tertiary/aromatic N) is 2. The van der Waals surface area contributed by atoms with Crippen molar-refractivity contribution in [2.45, 2.75) is 25.3 Å². The van der Waals surface area contributed by atoms with Gasteiger partial charge in [-0.2, -0.15) is 0 Å². The number of aromatic nitrogens is 2. The van der Waals surface area contributed by atoms with E-state index in [2.05, 4.69) is 0 Å². The van der Waals surface area contributed by atoms with E-state index in [9.17, 15) is 4.79 Å². The van der Waals surface area contributed by atoms with Crippen LogP contribution in [0.1, 0.15) is 31.1 Å². The van der Waals surface area contributed by atoms with Gasteiger partial charge >= 0.3 is 0 Å². The van der Waals surface area contributed by atoms with Gasteiger partial charge in [0.15, 0.2) is 0 Å². The monoisotopic (exact) mass is 339 g/mol. The maximum atomic E-state index is 13.2. The Kier molecular flexibility index (Phi) is 3.87. The Labute approximate surface area is 144 Å². The molecule has 1 saturated carbocycles. The molecular weight excluding hydrogens is 322 g/mol. The fourth-order valence-electron chi connectivity index (χ4n) is 3.27. The van der Waals surface area contributed by atoms with Crippen LogP contribution in [-0.2, 0) is 0 Å². The summed E-state index contributed by atoms with van der Waals surface area (Å²) in [6.07, 6.45) is 3.35. The second kappa shape index (κ2) is 6.04. The molecular formula is C19H18ClN3O. The van der Waals surface area contributed by atoms with E-state index in [0.29, 0.717) is 27.7 Å². The van der Waals surface area contributed by atoms with Gasteiger partial charge in [-0.1, -0.05) is 42.3 Å². The first-order chi connectivity index (χ1) is 11.7. The molecule has 2 N–H and O–H groups in total. The van der Waals surface area contributed by atoms with E-state index < -0.39 is 0 Å². The van der Waals surface area contributed by atoms with E-state index in [4.69, 9.17) is 22.3 Å². The Bertz CT molecular complexity index is 948. The molecule has 0 bridgehead atoms. The Morgan fingerprint density at radius 2 is 1.88 bits per heavy atom. The van der Waals surface area contributed by atoms with Gasteiger partial charge in [-0.3, -0.25) is 9.36 Å². The quantitative estimate of drug-likeness (QED) is 0.788. The molecule has 1 aliphatic rings. The third-order valence-corrected chi connectivity index (χ3v) is 5.16. The van der Waals surface area contributed by atoms with Crippen molar-refractivity contribution < 1.29 is 0 Å². The number of fused-ring (bicyclic) bond motifs is 1. The fourth-order valence-corrected chi connectivity index (χ4v) is 3.52. The highest BCUT2D eigenvalue weighted by Gasteiger charge is 2.30. The van der Waals surface area contributed by atoms with Crippen molar-refractivity contribution >= 4 is 22.5 Å². The molecule has 24 heavy (non-hydrogen) atoms. The number of para-hydroxylation sites is 1. The largest absolute Gasteiger partial charge is 0.321 e. The first-order valence-corrected chi connectivity index (χ1v) is 8.57. The highest BCUT2D eigenvalue weighted by Crippen LogP contribution is 2.36. The molecule has 1 atom stereocenters. The summed E-state index contributed by atoms with van der Waals surface area (Å²) in [5, 5.41) is 0.853. The standard InChI is InChI=1S/C19H18ClN3O/c20-14-10-5-11-15-16(14)19(24)23(13-8-2-1-3-9-13)18(22-15)17(21)12-6-4-7-12/h1-3,5,8-12,17H,4,6-7,21H2/t17-/m0/s1.